The van der Waals surface area contributed by atoms with Gasteiger partial charge in [0.1, 0.15) is 5.75 Å². The number of methoxy groups -OCH3 is 1. The summed E-state index contributed by atoms with van der Waals surface area (Å²) in [7, 11) is 1.62. The third-order valence-electron chi connectivity index (χ3n) is 4.69. The van der Waals surface area contributed by atoms with Gasteiger partial charge in [0, 0.05) is 10.6 Å². The van der Waals surface area contributed by atoms with Crippen LogP contribution in [-0.4, -0.2) is 39.0 Å². The van der Waals surface area contributed by atoms with Gasteiger partial charge in [0.15, 0.2) is 0 Å². The Morgan fingerprint density at radius 3 is 2.65 bits per heavy atom. The van der Waals surface area contributed by atoms with Crippen LogP contribution in [0.4, 0.5) is 5.69 Å². The second-order valence-corrected chi connectivity index (χ2v) is 8.68. The number of aryl methyl sites for hydroxylation is 1. The number of thiophene rings is 1. The van der Waals surface area contributed by atoms with Gasteiger partial charge in [-0.1, -0.05) is 36.0 Å². The number of aromatic nitrogens is 4. The highest BCUT2D eigenvalue weighted by Gasteiger charge is 2.19. The molecule has 0 bridgehead atoms. The number of carbonyl (C=O) groups is 1. The zero-order valence-electron chi connectivity index (χ0n) is 17.1. The first-order valence-corrected chi connectivity index (χ1v) is 11.5. The fourth-order valence-electron chi connectivity index (χ4n) is 3.07. The molecule has 4 aromatic rings. The van der Waals surface area contributed by atoms with Crippen LogP contribution in [0.1, 0.15) is 10.4 Å². The van der Waals surface area contributed by atoms with Crippen molar-refractivity contribution in [2.75, 3.05) is 17.8 Å². The zero-order chi connectivity index (χ0) is 21.6. The minimum Gasteiger partial charge on any atom is -0.497 e. The van der Waals surface area contributed by atoms with E-state index in [4.69, 9.17) is 4.74 Å². The summed E-state index contributed by atoms with van der Waals surface area (Å²) in [4.78, 5) is 16.1. The van der Waals surface area contributed by atoms with Crippen molar-refractivity contribution in [3.8, 4) is 11.4 Å². The lowest BCUT2D eigenvalue weighted by Crippen LogP contribution is -2.31. The Hall–Kier alpha value is -3.17. The van der Waals surface area contributed by atoms with Crippen LogP contribution in [0.25, 0.3) is 5.69 Å². The molecule has 0 unspecified atom stereocenters. The SMILES string of the molecule is COc1ccc(N(Cc2cccs2)C(=O)CSc2nnnn2-c2ccccc2C)cc1. The lowest BCUT2D eigenvalue weighted by atomic mass is 10.2. The predicted molar refractivity (Wildman–Crippen MR) is 123 cm³/mol. The smallest absolute Gasteiger partial charge is 0.237 e. The molecule has 7 nitrogen and oxygen atoms in total. The first-order valence-electron chi connectivity index (χ1n) is 9.59. The van der Waals surface area contributed by atoms with Gasteiger partial charge in [0.2, 0.25) is 11.1 Å². The van der Waals surface area contributed by atoms with Crippen LogP contribution in [0.2, 0.25) is 0 Å². The summed E-state index contributed by atoms with van der Waals surface area (Å²) in [5.74, 6) is 0.936. The van der Waals surface area contributed by atoms with E-state index in [9.17, 15) is 4.79 Å². The van der Waals surface area contributed by atoms with Gasteiger partial charge in [-0.3, -0.25) is 4.79 Å². The molecular formula is C22H21N5O2S2. The summed E-state index contributed by atoms with van der Waals surface area (Å²) in [5.41, 5.74) is 2.77. The summed E-state index contributed by atoms with van der Waals surface area (Å²) in [6.07, 6.45) is 0. The summed E-state index contributed by atoms with van der Waals surface area (Å²) < 4.78 is 6.92. The number of hydrogen-bond donors (Lipinski definition) is 0. The maximum atomic E-state index is 13.2. The Kier molecular flexibility index (Phi) is 6.63. The highest BCUT2D eigenvalue weighted by Crippen LogP contribution is 2.26. The number of ether oxygens (including phenoxy) is 1. The number of para-hydroxylation sites is 1. The largest absolute Gasteiger partial charge is 0.497 e. The van der Waals surface area contributed by atoms with Crippen LogP contribution in [0, 0.1) is 6.92 Å². The molecular weight excluding hydrogens is 430 g/mol. The predicted octanol–water partition coefficient (Wildman–Crippen LogP) is 4.37. The molecule has 0 aliphatic rings. The van der Waals surface area contributed by atoms with E-state index >= 15 is 0 Å². The summed E-state index contributed by atoms with van der Waals surface area (Å²) in [6.45, 7) is 2.51. The van der Waals surface area contributed by atoms with E-state index in [1.807, 2.05) is 73.0 Å². The summed E-state index contributed by atoms with van der Waals surface area (Å²) in [5, 5.41) is 14.6. The van der Waals surface area contributed by atoms with Crippen molar-refractivity contribution < 1.29 is 9.53 Å². The lowest BCUT2D eigenvalue weighted by Gasteiger charge is -2.22. The Balaban J connectivity index is 1.53. The molecule has 2 heterocycles. The first-order chi connectivity index (χ1) is 15.2. The lowest BCUT2D eigenvalue weighted by molar-refractivity contribution is -0.116. The van der Waals surface area contributed by atoms with Crippen LogP contribution in [0.3, 0.4) is 0 Å². The quantitative estimate of drug-likeness (QED) is 0.371. The molecule has 2 aromatic carbocycles. The van der Waals surface area contributed by atoms with Crippen LogP contribution in [0.5, 0.6) is 5.75 Å². The van der Waals surface area contributed by atoms with Gasteiger partial charge in [-0.25, -0.2) is 0 Å². The standard InChI is InChI=1S/C22H21N5O2S2/c1-16-6-3-4-8-20(16)27-22(23-24-25-27)31-15-21(28)26(14-19-7-5-13-30-19)17-9-11-18(29-2)12-10-17/h3-13H,14-15H2,1-2H3. The Morgan fingerprint density at radius 2 is 1.94 bits per heavy atom. The van der Waals surface area contributed by atoms with Gasteiger partial charge in [0.05, 0.1) is 25.1 Å². The topological polar surface area (TPSA) is 73.1 Å². The third-order valence-corrected chi connectivity index (χ3v) is 6.45. The summed E-state index contributed by atoms with van der Waals surface area (Å²) in [6, 6.07) is 19.4. The fourth-order valence-corrected chi connectivity index (χ4v) is 4.52. The molecule has 0 atom stereocenters. The number of nitrogens with zero attached hydrogens (tertiary/aromatic N) is 5. The molecule has 158 valence electrons. The van der Waals surface area contributed by atoms with Gasteiger partial charge >= 0.3 is 0 Å². The van der Waals surface area contributed by atoms with Gasteiger partial charge < -0.3 is 9.64 Å². The number of anilines is 1. The molecule has 1 amide bonds. The van der Waals surface area contributed by atoms with E-state index in [-0.39, 0.29) is 11.7 Å². The third kappa shape index (κ3) is 4.95. The second kappa shape index (κ2) is 9.76. The van der Waals surface area contributed by atoms with E-state index < -0.39 is 0 Å². The number of amides is 1. The Labute approximate surface area is 188 Å². The Bertz CT molecular complexity index is 1140. The molecule has 0 radical (unpaired) electrons. The molecule has 31 heavy (non-hydrogen) atoms. The molecule has 0 saturated carbocycles. The molecule has 0 saturated heterocycles. The number of benzene rings is 2. The maximum absolute atomic E-state index is 13.2. The van der Waals surface area contributed by atoms with Crippen LogP contribution >= 0.6 is 23.1 Å². The van der Waals surface area contributed by atoms with Gasteiger partial charge in [-0.05, 0) is 64.7 Å². The monoisotopic (exact) mass is 451 g/mol. The van der Waals surface area contributed by atoms with E-state index in [1.165, 1.54) is 11.8 Å². The average molecular weight is 452 g/mol. The number of rotatable bonds is 8. The number of tetrazole rings is 1. The molecule has 0 N–H and O–H groups in total. The van der Waals surface area contributed by atoms with E-state index in [0.29, 0.717) is 11.7 Å². The highest BCUT2D eigenvalue weighted by atomic mass is 32.2. The van der Waals surface area contributed by atoms with Gasteiger partial charge in [-0.15, -0.1) is 16.4 Å². The minimum atomic E-state index is -0.0251. The number of thioether (sulfide) groups is 1. The second-order valence-electron chi connectivity index (χ2n) is 6.71. The highest BCUT2D eigenvalue weighted by molar-refractivity contribution is 7.99. The van der Waals surface area contributed by atoms with Crippen molar-refractivity contribution >= 4 is 34.7 Å². The van der Waals surface area contributed by atoms with Crippen LogP contribution in [-0.2, 0) is 11.3 Å². The molecule has 0 fully saturated rings. The molecule has 0 spiro atoms. The molecule has 2 aromatic heterocycles. The minimum absolute atomic E-state index is 0.0251. The molecule has 4 rings (SSSR count). The van der Waals surface area contributed by atoms with Crippen LogP contribution in [0.15, 0.2) is 71.2 Å². The number of hydrogen-bond acceptors (Lipinski definition) is 7. The Morgan fingerprint density at radius 1 is 1.13 bits per heavy atom. The van der Waals surface area contributed by atoms with Crippen molar-refractivity contribution in [1.82, 2.24) is 20.2 Å². The van der Waals surface area contributed by atoms with Crippen molar-refractivity contribution in [2.24, 2.45) is 0 Å². The first kappa shape index (κ1) is 21.1. The summed E-state index contributed by atoms with van der Waals surface area (Å²) >= 11 is 2.95. The zero-order valence-corrected chi connectivity index (χ0v) is 18.8. The van der Waals surface area contributed by atoms with Gasteiger partial charge in [0.25, 0.3) is 0 Å². The van der Waals surface area contributed by atoms with E-state index in [0.717, 1.165) is 27.6 Å². The van der Waals surface area contributed by atoms with Crippen LogP contribution < -0.4 is 9.64 Å². The van der Waals surface area contributed by atoms with Crippen molar-refractivity contribution in [2.45, 2.75) is 18.6 Å². The van der Waals surface area contributed by atoms with Crippen molar-refractivity contribution in [3.05, 3.63) is 76.5 Å². The fraction of sp³-hybridized carbons (Fsp3) is 0.182. The average Bonchev–Trinajstić information content (AvgIpc) is 3.48. The van der Waals surface area contributed by atoms with Crippen molar-refractivity contribution in [3.63, 3.8) is 0 Å². The molecule has 0 aliphatic carbocycles. The normalized spacial score (nSPS) is 10.8. The van der Waals surface area contributed by atoms with Crippen molar-refractivity contribution in [1.29, 1.82) is 0 Å². The number of carbonyl (C=O) groups excluding carboxylic acids is 1. The maximum Gasteiger partial charge on any atom is 0.237 e. The molecule has 9 heteroatoms. The molecule has 0 aliphatic heterocycles. The van der Waals surface area contributed by atoms with E-state index in [1.54, 1.807) is 28.0 Å². The van der Waals surface area contributed by atoms with Gasteiger partial charge in [-0.2, -0.15) is 4.68 Å². The van der Waals surface area contributed by atoms with E-state index in [2.05, 4.69) is 15.5 Å².